The second-order valence-corrected chi connectivity index (χ2v) is 5.93. The van der Waals surface area contributed by atoms with Gasteiger partial charge in [0.2, 0.25) is 5.91 Å². The minimum Gasteiger partial charge on any atom is -0.338 e. The van der Waals surface area contributed by atoms with Gasteiger partial charge in [-0.25, -0.2) is 4.98 Å². The smallest absolute Gasteiger partial charge is 0.261 e. The number of carbonyl (C=O) groups is 1. The standard InChI is InChI=1S/C16H20N4O2/c1-11-6-12(7-17)8-20(11)15(21)9-19-10-18-14-5-3-2-4-13(14)16(19)22/h2-5,10-12H,6-9,17H2,1H3. The molecule has 2 N–H and O–H groups in total. The maximum Gasteiger partial charge on any atom is 0.261 e. The topological polar surface area (TPSA) is 81.2 Å². The summed E-state index contributed by atoms with van der Waals surface area (Å²) in [6.07, 6.45) is 2.37. The summed E-state index contributed by atoms with van der Waals surface area (Å²) in [7, 11) is 0. The first-order valence-electron chi connectivity index (χ1n) is 7.54. The third-order valence-electron chi connectivity index (χ3n) is 4.35. The zero-order valence-corrected chi connectivity index (χ0v) is 12.6. The van der Waals surface area contributed by atoms with Gasteiger partial charge in [0, 0.05) is 12.6 Å². The summed E-state index contributed by atoms with van der Waals surface area (Å²) in [5.74, 6) is 0.299. The molecule has 1 aliphatic rings. The molecule has 22 heavy (non-hydrogen) atoms. The van der Waals surface area contributed by atoms with Crippen LogP contribution in [0, 0.1) is 5.92 Å². The average Bonchev–Trinajstić information content (AvgIpc) is 2.91. The summed E-state index contributed by atoms with van der Waals surface area (Å²) in [6.45, 7) is 3.31. The van der Waals surface area contributed by atoms with Crippen LogP contribution in [-0.4, -0.2) is 39.5 Å². The van der Waals surface area contributed by atoms with Crippen molar-refractivity contribution in [3.8, 4) is 0 Å². The molecule has 0 aliphatic carbocycles. The van der Waals surface area contributed by atoms with Gasteiger partial charge < -0.3 is 10.6 Å². The predicted octanol–water partition coefficient (Wildman–Crippen LogP) is 0.592. The molecule has 2 aromatic rings. The lowest BCUT2D eigenvalue weighted by molar-refractivity contribution is -0.132. The van der Waals surface area contributed by atoms with Crippen LogP contribution in [0.25, 0.3) is 10.9 Å². The number of para-hydroxylation sites is 1. The van der Waals surface area contributed by atoms with Crippen LogP contribution in [-0.2, 0) is 11.3 Å². The van der Waals surface area contributed by atoms with Crippen molar-refractivity contribution < 1.29 is 4.79 Å². The molecule has 0 radical (unpaired) electrons. The zero-order chi connectivity index (χ0) is 15.7. The molecule has 1 aromatic carbocycles. The van der Waals surface area contributed by atoms with Gasteiger partial charge in [-0.1, -0.05) is 12.1 Å². The molecular formula is C16H20N4O2. The molecule has 1 amide bonds. The molecule has 6 heteroatoms. The van der Waals surface area contributed by atoms with Crippen molar-refractivity contribution in [2.45, 2.75) is 25.9 Å². The fourth-order valence-corrected chi connectivity index (χ4v) is 3.12. The number of carbonyl (C=O) groups excluding carboxylic acids is 1. The van der Waals surface area contributed by atoms with Gasteiger partial charge in [0.05, 0.1) is 17.2 Å². The first kappa shape index (κ1) is 14.7. The number of likely N-dealkylation sites (tertiary alicyclic amines) is 1. The Hall–Kier alpha value is -2.21. The van der Waals surface area contributed by atoms with Crippen molar-refractivity contribution in [1.82, 2.24) is 14.5 Å². The molecule has 6 nitrogen and oxygen atoms in total. The highest BCUT2D eigenvalue weighted by Gasteiger charge is 2.31. The number of nitrogens with zero attached hydrogens (tertiary/aromatic N) is 3. The van der Waals surface area contributed by atoms with E-state index in [4.69, 9.17) is 5.73 Å². The van der Waals surface area contributed by atoms with Crippen LogP contribution >= 0.6 is 0 Å². The highest BCUT2D eigenvalue weighted by atomic mass is 16.2. The number of benzene rings is 1. The Kier molecular flexibility index (Phi) is 3.94. The Morgan fingerprint density at radius 2 is 2.18 bits per heavy atom. The van der Waals surface area contributed by atoms with Gasteiger partial charge in [0.1, 0.15) is 6.54 Å². The van der Waals surface area contributed by atoms with Gasteiger partial charge in [-0.05, 0) is 37.9 Å². The summed E-state index contributed by atoms with van der Waals surface area (Å²) in [5, 5.41) is 0.534. The van der Waals surface area contributed by atoms with Gasteiger partial charge in [0.15, 0.2) is 0 Å². The van der Waals surface area contributed by atoms with E-state index >= 15 is 0 Å². The van der Waals surface area contributed by atoms with Crippen LogP contribution < -0.4 is 11.3 Å². The van der Waals surface area contributed by atoms with Gasteiger partial charge in [0.25, 0.3) is 5.56 Å². The van der Waals surface area contributed by atoms with E-state index in [2.05, 4.69) is 4.98 Å². The Balaban J connectivity index is 1.83. The van der Waals surface area contributed by atoms with Crippen molar-refractivity contribution in [3.63, 3.8) is 0 Å². The van der Waals surface area contributed by atoms with Crippen LogP contribution in [0.15, 0.2) is 35.4 Å². The fourth-order valence-electron chi connectivity index (χ4n) is 3.12. The summed E-state index contributed by atoms with van der Waals surface area (Å²) >= 11 is 0. The van der Waals surface area contributed by atoms with Crippen molar-refractivity contribution >= 4 is 16.8 Å². The SMILES string of the molecule is CC1CC(CN)CN1C(=O)Cn1cnc2ccccc2c1=O. The van der Waals surface area contributed by atoms with Crippen LogP contribution in [0.3, 0.4) is 0 Å². The molecule has 1 aliphatic heterocycles. The molecule has 1 aromatic heterocycles. The predicted molar refractivity (Wildman–Crippen MR) is 84.3 cm³/mol. The summed E-state index contributed by atoms with van der Waals surface area (Å²) in [4.78, 5) is 30.9. The van der Waals surface area contributed by atoms with Crippen molar-refractivity contribution in [3.05, 3.63) is 40.9 Å². The average molecular weight is 300 g/mol. The largest absolute Gasteiger partial charge is 0.338 e. The van der Waals surface area contributed by atoms with E-state index in [9.17, 15) is 9.59 Å². The molecule has 0 saturated carbocycles. The molecule has 0 spiro atoms. The monoisotopic (exact) mass is 300 g/mol. The van der Waals surface area contributed by atoms with Crippen molar-refractivity contribution in [1.29, 1.82) is 0 Å². The lowest BCUT2D eigenvalue weighted by Crippen LogP contribution is -2.39. The van der Waals surface area contributed by atoms with Crippen LogP contribution in [0.2, 0.25) is 0 Å². The molecule has 2 atom stereocenters. The molecule has 1 fully saturated rings. The molecule has 3 rings (SSSR count). The molecule has 116 valence electrons. The molecule has 2 heterocycles. The first-order valence-corrected chi connectivity index (χ1v) is 7.54. The third-order valence-corrected chi connectivity index (χ3v) is 4.35. The number of hydrogen-bond acceptors (Lipinski definition) is 4. The number of nitrogens with two attached hydrogens (primary N) is 1. The van der Waals surface area contributed by atoms with E-state index in [-0.39, 0.29) is 24.1 Å². The van der Waals surface area contributed by atoms with E-state index in [1.807, 2.05) is 17.9 Å². The van der Waals surface area contributed by atoms with Gasteiger partial charge in [-0.15, -0.1) is 0 Å². The quantitative estimate of drug-likeness (QED) is 0.899. The molecule has 2 unspecified atom stereocenters. The lowest BCUT2D eigenvalue weighted by atomic mass is 10.1. The number of amides is 1. The highest BCUT2D eigenvalue weighted by molar-refractivity contribution is 5.79. The Morgan fingerprint density at radius 1 is 1.41 bits per heavy atom. The Labute approximate surface area is 128 Å². The van der Waals surface area contributed by atoms with Crippen molar-refractivity contribution in [2.24, 2.45) is 11.7 Å². The van der Waals surface area contributed by atoms with E-state index in [1.54, 1.807) is 18.2 Å². The number of aromatic nitrogens is 2. The minimum absolute atomic E-state index is 0.0261. The number of fused-ring (bicyclic) bond motifs is 1. The Bertz CT molecular complexity index is 755. The van der Waals surface area contributed by atoms with Gasteiger partial charge in [-0.3, -0.25) is 14.2 Å². The maximum atomic E-state index is 12.5. The van der Waals surface area contributed by atoms with Crippen molar-refractivity contribution in [2.75, 3.05) is 13.1 Å². The van der Waals surface area contributed by atoms with Gasteiger partial charge in [-0.2, -0.15) is 0 Å². The minimum atomic E-state index is -0.179. The molecule has 1 saturated heterocycles. The lowest BCUT2D eigenvalue weighted by Gasteiger charge is -2.22. The zero-order valence-electron chi connectivity index (χ0n) is 12.6. The highest BCUT2D eigenvalue weighted by Crippen LogP contribution is 2.22. The van der Waals surface area contributed by atoms with E-state index < -0.39 is 0 Å². The summed E-state index contributed by atoms with van der Waals surface area (Å²) in [5.41, 5.74) is 6.16. The van der Waals surface area contributed by atoms with Crippen LogP contribution in [0.1, 0.15) is 13.3 Å². The number of hydrogen-bond donors (Lipinski definition) is 1. The maximum absolute atomic E-state index is 12.5. The third kappa shape index (κ3) is 2.62. The first-order chi connectivity index (χ1) is 10.6. The Morgan fingerprint density at radius 3 is 2.91 bits per heavy atom. The molecular weight excluding hydrogens is 280 g/mol. The van der Waals surface area contributed by atoms with E-state index in [0.717, 1.165) is 6.42 Å². The second-order valence-electron chi connectivity index (χ2n) is 5.93. The van der Waals surface area contributed by atoms with Crippen LogP contribution in [0.4, 0.5) is 0 Å². The normalized spacial score (nSPS) is 21.5. The second kappa shape index (κ2) is 5.88. The fraction of sp³-hybridized carbons (Fsp3) is 0.438. The van der Waals surface area contributed by atoms with E-state index in [0.29, 0.717) is 29.9 Å². The summed E-state index contributed by atoms with van der Waals surface area (Å²) in [6, 6.07) is 7.33. The summed E-state index contributed by atoms with van der Waals surface area (Å²) < 4.78 is 1.38. The van der Waals surface area contributed by atoms with Crippen LogP contribution in [0.5, 0.6) is 0 Å². The number of rotatable bonds is 3. The molecule has 0 bridgehead atoms. The van der Waals surface area contributed by atoms with Gasteiger partial charge >= 0.3 is 0 Å². The van der Waals surface area contributed by atoms with E-state index in [1.165, 1.54) is 10.9 Å².